The van der Waals surface area contributed by atoms with Crippen LogP contribution in [0.2, 0.25) is 0 Å². The molecule has 3 nitrogen and oxygen atoms in total. The molecule has 0 radical (unpaired) electrons. The third kappa shape index (κ3) is 1.47. The summed E-state index contributed by atoms with van der Waals surface area (Å²) in [6.07, 6.45) is 2.32. The highest BCUT2D eigenvalue weighted by Crippen LogP contribution is 2.07. The van der Waals surface area contributed by atoms with Crippen LogP contribution in [-0.2, 0) is 0 Å². The zero-order valence-electron chi connectivity index (χ0n) is 6.22. The zero-order valence-corrected chi connectivity index (χ0v) is 6.22. The molecular formula is C7H13N3. The van der Waals surface area contributed by atoms with Crippen molar-refractivity contribution in [3.05, 3.63) is 0 Å². The van der Waals surface area contributed by atoms with Crippen LogP contribution in [0.15, 0.2) is 0 Å². The van der Waals surface area contributed by atoms with Crippen LogP contribution < -0.4 is 10.6 Å². The highest BCUT2D eigenvalue weighted by Gasteiger charge is 2.22. The van der Waals surface area contributed by atoms with Crippen molar-refractivity contribution in [1.29, 1.82) is 5.26 Å². The van der Waals surface area contributed by atoms with Gasteiger partial charge in [0.15, 0.2) is 0 Å². The van der Waals surface area contributed by atoms with E-state index in [1.54, 1.807) is 0 Å². The molecule has 10 heavy (non-hydrogen) atoms. The molecule has 2 atom stereocenters. The summed E-state index contributed by atoms with van der Waals surface area (Å²) in [7, 11) is 1.83. The highest BCUT2D eigenvalue weighted by atomic mass is 15.0. The topological polar surface area (TPSA) is 47.9 Å². The lowest BCUT2D eigenvalue weighted by atomic mass is 10.1. The SMILES string of the molecule is CNC(C#N)C1CCCN1. The van der Waals surface area contributed by atoms with Gasteiger partial charge in [0.1, 0.15) is 6.04 Å². The van der Waals surface area contributed by atoms with E-state index < -0.39 is 0 Å². The molecule has 1 fully saturated rings. The van der Waals surface area contributed by atoms with E-state index in [1.807, 2.05) is 7.05 Å². The number of nitriles is 1. The number of nitrogens with one attached hydrogen (secondary N) is 2. The second-order valence-electron chi connectivity index (χ2n) is 2.60. The summed E-state index contributed by atoms with van der Waals surface area (Å²) >= 11 is 0. The summed E-state index contributed by atoms with van der Waals surface area (Å²) in [6, 6.07) is 2.58. The molecule has 3 heteroatoms. The molecule has 0 saturated carbocycles. The van der Waals surface area contributed by atoms with Crippen molar-refractivity contribution >= 4 is 0 Å². The summed E-state index contributed by atoms with van der Waals surface area (Å²) in [5.74, 6) is 0. The Morgan fingerprint density at radius 3 is 3.00 bits per heavy atom. The molecule has 1 rings (SSSR count). The fraction of sp³-hybridized carbons (Fsp3) is 0.857. The Morgan fingerprint density at radius 2 is 2.60 bits per heavy atom. The van der Waals surface area contributed by atoms with Crippen LogP contribution in [0.5, 0.6) is 0 Å². The molecule has 1 heterocycles. The van der Waals surface area contributed by atoms with Gasteiger partial charge in [-0.2, -0.15) is 5.26 Å². The third-order valence-electron chi connectivity index (χ3n) is 1.95. The first kappa shape index (κ1) is 7.52. The smallest absolute Gasteiger partial charge is 0.110 e. The van der Waals surface area contributed by atoms with Crippen LogP contribution in [0.3, 0.4) is 0 Å². The second-order valence-corrected chi connectivity index (χ2v) is 2.60. The zero-order chi connectivity index (χ0) is 7.40. The van der Waals surface area contributed by atoms with Gasteiger partial charge in [-0.3, -0.25) is 0 Å². The quantitative estimate of drug-likeness (QED) is 0.559. The molecule has 0 spiro atoms. The number of rotatable bonds is 2. The van der Waals surface area contributed by atoms with Crippen molar-refractivity contribution in [3.63, 3.8) is 0 Å². The molecule has 2 unspecified atom stereocenters. The molecular weight excluding hydrogens is 126 g/mol. The Morgan fingerprint density at radius 1 is 1.80 bits per heavy atom. The first-order valence-corrected chi connectivity index (χ1v) is 3.68. The van der Waals surface area contributed by atoms with Gasteiger partial charge in [-0.15, -0.1) is 0 Å². The van der Waals surface area contributed by atoms with Crippen LogP contribution in [0.1, 0.15) is 12.8 Å². The van der Waals surface area contributed by atoms with Gasteiger partial charge < -0.3 is 10.6 Å². The predicted octanol–water partition coefficient (Wildman–Crippen LogP) is -0.150. The molecule has 1 saturated heterocycles. The molecule has 0 bridgehead atoms. The van der Waals surface area contributed by atoms with Crippen LogP contribution in [0, 0.1) is 11.3 Å². The first-order valence-electron chi connectivity index (χ1n) is 3.68. The second kappa shape index (κ2) is 3.55. The van der Waals surface area contributed by atoms with E-state index in [4.69, 9.17) is 5.26 Å². The molecule has 0 aliphatic carbocycles. The van der Waals surface area contributed by atoms with Gasteiger partial charge in [0.05, 0.1) is 6.07 Å². The van der Waals surface area contributed by atoms with E-state index in [1.165, 1.54) is 6.42 Å². The van der Waals surface area contributed by atoms with E-state index >= 15 is 0 Å². The lowest BCUT2D eigenvalue weighted by molar-refractivity contribution is 0.497. The van der Waals surface area contributed by atoms with Gasteiger partial charge >= 0.3 is 0 Å². The molecule has 0 aromatic heterocycles. The van der Waals surface area contributed by atoms with Crippen LogP contribution >= 0.6 is 0 Å². The number of hydrogen-bond donors (Lipinski definition) is 2. The number of likely N-dealkylation sites (N-methyl/N-ethyl adjacent to an activating group) is 1. The lowest BCUT2D eigenvalue weighted by Gasteiger charge is -2.14. The maximum atomic E-state index is 8.63. The minimum absolute atomic E-state index is 0.0116. The minimum atomic E-state index is -0.0116. The van der Waals surface area contributed by atoms with Crippen molar-refractivity contribution < 1.29 is 0 Å². The Hall–Kier alpha value is -0.590. The van der Waals surface area contributed by atoms with E-state index in [9.17, 15) is 0 Å². The van der Waals surface area contributed by atoms with E-state index in [2.05, 4.69) is 16.7 Å². The van der Waals surface area contributed by atoms with Gasteiger partial charge in [0.2, 0.25) is 0 Å². The molecule has 0 amide bonds. The molecule has 0 aromatic carbocycles. The summed E-state index contributed by atoms with van der Waals surface area (Å²) in [5.41, 5.74) is 0. The molecule has 56 valence electrons. The maximum absolute atomic E-state index is 8.63. The van der Waals surface area contributed by atoms with Crippen molar-refractivity contribution in [2.24, 2.45) is 0 Å². The fourth-order valence-corrected chi connectivity index (χ4v) is 1.35. The monoisotopic (exact) mass is 139 g/mol. The standard InChI is InChI=1S/C7H13N3/c1-9-7(5-8)6-3-2-4-10-6/h6-7,9-10H,2-4H2,1H3. The highest BCUT2D eigenvalue weighted by molar-refractivity contribution is 4.99. The average Bonchev–Trinajstić information content (AvgIpc) is 2.43. The van der Waals surface area contributed by atoms with Crippen LogP contribution in [0.25, 0.3) is 0 Å². The van der Waals surface area contributed by atoms with Crippen molar-refractivity contribution in [2.75, 3.05) is 13.6 Å². The first-order chi connectivity index (χ1) is 4.88. The van der Waals surface area contributed by atoms with E-state index in [0.717, 1.165) is 13.0 Å². The van der Waals surface area contributed by atoms with Gasteiger partial charge in [-0.05, 0) is 26.4 Å². The van der Waals surface area contributed by atoms with Crippen LogP contribution in [-0.4, -0.2) is 25.7 Å². The number of nitrogens with zero attached hydrogens (tertiary/aromatic N) is 1. The van der Waals surface area contributed by atoms with Crippen molar-refractivity contribution in [3.8, 4) is 6.07 Å². The Kier molecular flexibility index (Phi) is 2.67. The Labute approximate surface area is 61.4 Å². The van der Waals surface area contributed by atoms with Gasteiger partial charge in [0, 0.05) is 6.04 Å². The Bertz CT molecular complexity index is 132. The van der Waals surface area contributed by atoms with Crippen LogP contribution in [0.4, 0.5) is 0 Å². The lowest BCUT2D eigenvalue weighted by Crippen LogP contribution is -2.42. The summed E-state index contributed by atoms with van der Waals surface area (Å²) < 4.78 is 0. The predicted molar refractivity (Wildman–Crippen MR) is 39.5 cm³/mol. The fourth-order valence-electron chi connectivity index (χ4n) is 1.35. The van der Waals surface area contributed by atoms with E-state index in [-0.39, 0.29) is 6.04 Å². The third-order valence-corrected chi connectivity index (χ3v) is 1.95. The largest absolute Gasteiger partial charge is 0.311 e. The molecule has 1 aliphatic heterocycles. The van der Waals surface area contributed by atoms with Crippen molar-refractivity contribution in [2.45, 2.75) is 24.9 Å². The minimum Gasteiger partial charge on any atom is -0.311 e. The van der Waals surface area contributed by atoms with Crippen molar-refractivity contribution in [1.82, 2.24) is 10.6 Å². The van der Waals surface area contributed by atoms with Gasteiger partial charge in [-0.25, -0.2) is 0 Å². The average molecular weight is 139 g/mol. The molecule has 2 N–H and O–H groups in total. The number of hydrogen-bond acceptors (Lipinski definition) is 3. The maximum Gasteiger partial charge on any atom is 0.110 e. The summed E-state index contributed by atoms with van der Waals surface area (Å²) in [6.45, 7) is 1.06. The van der Waals surface area contributed by atoms with Gasteiger partial charge in [0.25, 0.3) is 0 Å². The Balaban J connectivity index is 2.38. The van der Waals surface area contributed by atoms with E-state index in [0.29, 0.717) is 6.04 Å². The molecule has 0 aromatic rings. The normalized spacial score (nSPS) is 27.8. The summed E-state index contributed by atoms with van der Waals surface area (Å²) in [5, 5.41) is 14.9. The summed E-state index contributed by atoms with van der Waals surface area (Å²) in [4.78, 5) is 0. The molecule has 1 aliphatic rings. The van der Waals surface area contributed by atoms with Gasteiger partial charge in [-0.1, -0.05) is 0 Å².